The van der Waals surface area contributed by atoms with Crippen molar-refractivity contribution in [3.8, 4) is 11.5 Å². The lowest BCUT2D eigenvalue weighted by molar-refractivity contribution is 0.0696. The van der Waals surface area contributed by atoms with Crippen LogP contribution in [-0.2, 0) is 0 Å². The van der Waals surface area contributed by atoms with E-state index in [2.05, 4.69) is 0 Å². The third-order valence-electron chi connectivity index (χ3n) is 2.73. The summed E-state index contributed by atoms with van der Waals surface area (Å²) in [6.07, 6.45) is 0. The van der Waals surface area contributed by atoms with Crippen LogP contribution in [0.15, 0.2) is 36.4 Å². The first kappa shape index (κ1) is 13.4. The summed E-state index contributed by atoms with van der Waals surface area (Å²) in [7, 11) is 0. The van der Waals surface area contributed by atoms with Gasteiger partial charge in [0.2, 0.25) is 0 Å². The van der Waals surface area contributed by atoms with E-state index in [-0.39, 0.29) is 5.56 Å². The number of carboxylic acids is 1. The van der Waals surface area contributed by atoms with Gasteiger partial charge in [-0.2, -0.15) is 0 Å². The summed E-state index contributed by atoms with van der Waals surface area (Å²) < 4.78 is 5.76. The Morgan fingerprint density at radius 3 is 2.37 bits per heavy atom. The summed E-state index contributed by atoms with van der Waals surface area (Å²) in [6, 6.07) is 10.0. The number of aryl methyl sites for hydroxylation is 2. The molecule has 0 aliphatic rings. The Balaban J connectivity index is 2.36. The van der Waals surface area contributed by atoms with E-state index >= 15 is 0 Å². The Morgan fingerprint density at radius 2 is 1.79 bits per heavy atom. The number of carboxylic acid groups (broad SMARTS) is 1. The molecule has 0 unspecified atom stereocenters. The van der Waals surface area contributed by atoms with E-state index in [9.17, 15) is 4.79 Å². The zero-order chi connectivity index (χ0) is 14.0. The molecule has 0 spiro atoms. The molecule has 0 amide bonds. The summed E-state index contributed by atoms with van der Waals surface area (Å²) in [4.78, 5) is 10.9. The molecule has 0 bridgehead atoms. The number of ether oxygens (including phenoxy) is 1. The van der Waals surface area contributed by atoms with Crippen LogP contribution in [0.5, 0.6) is 11.5 Å². The van der Waals surface area contributed by atoms with Crippen molar-refractivity contribution in [2.75, 3.05) is 0 Å². The predicted octanol–water partition coefficient (Wildman–Crippen LogP) is 4.45. The van der Waals surface area contributed by atoms with Gasteiger partial charge in [0.05, 0.1) is 5.56 Å². The largest absolute Gasteiger partial charge is 0.478 e. The number of benzene rings is 2. The van der Waals surface area contributed by atoms with Crippen LogP contribution >= 0.6 is 11.6 Å². The van der Waals surface area contributed by atoms with Crippen LogP contribution in [0.3, 0.4) is 0 Å². The van der Waals surface area contributed by atoms with Crippen molar-refractivity contribution in [3.63, 3.8) is 0 Å². The number of halogens is 1. The Bertz CT molecular complexity index is 612. The van der Waals surface area contributed by atoms with Gasteiger partial charge in [-0.3, -0.25) is 0 Å². The molecular weight excluding hydrogens is 264 g/mol. The van der Waals surface area contributed by atoms with Crippen molar-refractivity contribution < 1.29 is 14.6 Å². The van der Waals surface area contributed by atoms with Gasteiger partial charge >= 0.3 is 5.97 Å². The minimum atomic E-state index is -0.977. The molecular formula is C15H13ClO3. The van der Waals surface area contributed by atoms with E-state index in [0.29, 0.717) is 16.5 Å². The number of hydrogen-bond acceptors (Lipinski definition) is 2. The highest BCUT2D eigenvalue weighted by Crippen LogP contribution is 2.31. The fourth-order valence-electron chi connectivity index (χ4n) is 1.87. The quantitative estimate of drug-likeness (QED) is 0.901. The summed E-state index contributed by atoms with van der Waals surface area (Å²) in [5, 5.41) is 9.60. The molecule has 2 rings (SSSR count). The van der Waals surface area contributed by atoms with E-state index in [4.69, 9.17) is 21.4 Å². The summed E-state index contributed by atoms with van der Waals surface area (Å²) in [6.45, 7) is 3.80. The molecule has 0 heterocycles. The fourth-order valence-corrected chi connectivity index (χ4v) is 2.20. The topological polar surface area (TPSA) is 46.5 Å². The standard InChI is InChI=1S/C15H13ClO3/c1-9-6-12(16)7-10(2)14(9)19-13-5-3-4-11(8-13)15(17)18/h3-8H,1-2H3,(H,17,18). The van der Waals surface area contributed by atoms with E-state index in [1.807, 2.05) is 26.0 Å². The van der Waals surface area contributed by atoms with Crippen LogP contribution in [-0.4, -0.2) is 11.1 Å². The summed E-state index contributed by atoms with van der Waals surface area (Å²) in [5.74, 6) is 0.218. The SMILES string of the molecule is Cc1cc(Cl)cc(C)c1Oc1cccc(C(=O)O)c1. The predicted molar refractivity (Wildman–Crippen MR) is 74.4 cm³/mol. The van der Waals surface area contributed by atoms with Crippen LogP contribution in [0, 0.1) is 13.8 Å². The Labute approximate surface area is 116 Å². The molecule has 0 aliphatic carbocycles. The highest BCUT2D eigenvalue weighted by Gasteiger charge is 2.09. The number of rotatable bonds is 3. The second kappa shape index (κ2) is 5.33. The molecule has 0 radical (unpaired) electrons. The molecule has 1 N–H and O–H groups in total. The van der Waals surface area contributed by atoms with E-state index in [0.717, 1.165) is 11.1 Å². The second-order valence-corrected chi connectivity index (χ2v) is 4.74. The van der Waals surface area contributed by atoms with Gasteiger partial charge in [0, 0.05) is 5.02 Å². The first-order valence-electron chi connectivity index (χ1n) is 5.75. The molecule has 0 saturated heterocycles. The maximum absolute atomic E-state index is 10.9. The zero-order valence-corrected chi connectivity index (χ0v) is 11.4. The molecule has 0 saturated carbocycles. The van der Waals surface area contributed by atoms with Crippen LogP contribution in [0.1, 0.15) is 21.5 Å². The minimum Gasteiger partial charge on any atom is -0.478 e. The maximum atomic E-state index is 10.9. The van der Waals surface area contributed by atoms with Crippen LogP contribution in [0.2, 0.25) is 5.02 Å². The molecule has 0 aromatic heterocycles. The normalized spacial score (nSPS) is 10.3. The highest BCUT2D eigenvalue weighted by atomic mass is 35.5. The molecule has 2 aromatic carbocycles. The van der Waals surface area contributed by atoms with Crippen LogP contribution in [0.25, 0.3) is 0 Å². The lowest BCUT2D eigenvalue weighted by atomic mass is 10.1. The summed E-state index contributed by atoms with van der Waals surface area (Å²) in [5.41, 5.74) is 2.01. The van der Waals surface area contributed by atoms with Gasteiger partial charge in [0.25, 0.3) is 0 Å². The monoisotopic (exact) mass is 276 g/mol. The van der Waals surface area contributed by atoms with Crippen molar-refractivity contribution in [2.45, 2.75) is 13.8 Å². The zero-order valence-electron chi connectivity index (χ0n) is 10.6. The van der Waals surface area contributed by atoms with E-state index in [1.165, 1.54) is 12.1 Å². The molecule has 2 aromatic rings. The van der Waals surface area contributed by atoms with E-state index < -0.39 is 5.97 Å². The third kappa shape index (κ3) is 3.06. The van der Waals surface area contributed by atoms with Gasteiger partial charge in [-0.25, -0.2) is 4.79 Å². The van der Waals surface area contributed by atoms with Crippen LogP contribution in [0.4, 0.5) is 0 Å². The van der Waals surface area contributed by atoms with Gasteiger partial charge in [0.15, 0.2) is 0 Å². The van der Waals surface area contributed by atoms with Gasteiger partial charge in [0.1, 0.15) is 11.5 Å². The molecule has 4 heteroatoms. The lowest BCUT2D eigenvalue weighted by Gasteiger charge is -2.12. The van der Waals surface area contributed by atoms with Crippen molar-refractivity contribution >= 4 is 17.6 Å². The van der Waals surface area contributed by atoms with Crippen LogP contribution < -0.4 is 4.74 Å². The Kier molecular flexibility index (Phi) is 3.76. The first-order chi connectivity index (χ1) is 8.97. The van der Waals surface area contributed by atoms with Crippen molar-refractivity contribution in [3.05, 3.63) is 58.1 Å². The smallest absolute Gasteiger partial charge is 0.335 e. The Hall–Kier alpha value is -2.00. The molecule has 3 nitrogen and oxygen atoms in total. The summed E-state index contributed by atoms with van der Waals surface area (Å²) >= 11 is 5.96. The average molecular weight is 277 g/mol. The van der Waals surface area contributed by atoms with Gasteiger partial charge in [-0.15, -0.1) is 0 Å². The molecule has 98 valence electrons. The molecule has 0 atom stereocenters. The molecule has 0 fully saturated rings. The Morgan fingerprint density at radius 1 is 1.16 bits per heavy atom. The van der Waals surface area contributed by atoms with Crippen molar-refractivity contribution in [1.82, 2.24) is 0 Å². The van der Waals surface area contributed by atoms with E-state index in [1.54, 1.807) is 12.1 Å². The first-order valence-corrected chi connectivity index (χ1v) is 6.13. The van der Waals surface area contributed by atoms with Gasteiger partial charge < -0.3 is 9.84 Å². The lowest BCUT2D eigenvalue weighted by Crippen LogP contribution is -1.97. The van der Waals surface area contributed by atoms with Crippen molar-refractivity contribution in [1.29, 1.82) is 0 Å². The number of aromatic carboxylic acids is 1. The van der Waals surface area contributed by atoms with Crippen molar-refractivity contribution in [2.24, 2.45) is 0 Å². The number of carbonyl (C=O) groups is 1. The second-order valence-electron chi connectivity index (χ2n) is 4.30. The minimum absolute atomic E-state index is 0.196. The van der Waals surface area contributed by atoms with Gasteiger partial charge in [-0.1, -0.05) is 17.7 Å². The highest BCUT2D eigenvalue weighted by molar-refractivity contribution is 6.30. The number of hydrogen-bond donors (Lipinski definition) is 1. The van der Waals surface area contributed by atoms with Gasteiger partial charge in [-0.05, 0) is 55.3 Å². The average Bonchev–Trinajstić information content (AvgIpc) is 2.34. The fraction of sp³-hybridized carbons (Fsp3) is 0.133. The molecule has 19 heavy (non-hydrogen) atoms. The third-order valence-corrected chi connectivity index (χ3v) is 2.94. The maximum Gasteiger partial charge on any atom is 0.335 e. The molecule has 0 aliphatic heterocycles.